The summed E-state index contributed by atoms with van der Waals surface area (Å²) in [5, 5.41) is 11.6. The fourth-order valence-electron chi connectivity index (χ4n) is 2.11. The summed E-state index contributed by atoms with van der Waals surface area (Å²) in [6.07, 6.45) is 0.449. The lowest BCUT2D eigenvalue weighted by atomic mass is 10.1. The van der Waals surface area contributed by atoms with Crippen LogP contribution in [0.3, 0.4) is 0 Å². The first kappa shape index (κ1) is 14.4. The fourth-order valence-corrected chi connectivity index (χ4v) is 2.94. The molecule has 0 saturated carbocycles. The zero-order valence-electron chi connectivity index (χ0n) is 11.5. The van der Waals surface area contributed by atoms with E-state index in [1.165, 1.54) is 17.4 Å². The topological polar surface area (TPSA) is 50.2 Å². The molecule has 3 nitrogen and oxygen atoms in total. The number of benzene rings is 2. The lowest BCUT2D eigenvalue weighted by molar-refractivity contribution is 0.0697. The second-order valence-electron chi connectivity index (χ2n) is 4.78. The summed E-state index contributed by atoms with van der Waals surface area (Å²) in [5.41, 5.74) is 2.48. The van der Waals surface area contributed by atoms with Crippen molar-refractivity contribution < 1.29 is 14.3 Å². The number of hydrogen-bond donors (Lipinski definition) is 1. The van der Waals surface area contributed by atoms with Gasteiger partial charge in [0.1, 0.15) is 5.82 Å². The van der Waals surface area contributed by atoms with Gasteiger partial charge in [-0.1, -0.05) is 30.3 Å². The van der Waals surface area contributed by atoms with E-state index in [4.69, 9.17) is 5.11 Å². The van der Waals surface area contributed by atoms with Crippen molar-refractivity contribution in [2.75, 3.05) is 0 Å². The van der Waals surface area contributed by atoms with Gasteiger partial charge in [-0.15, -0.1) is 11.3 Å². The quantitative estimate of drug-likeness (QED) is 0.784. The number of aromatic nitrogens is 1. The first-order valence-corrected chi connectivity index (χ1v) is 7.53. The number of halogens is 1. The highest BCUT2D eigenvalue weighted by atomic mass is 32.1. The van der Waals surface area contributed by atoms with Crippen molar-refractivity contribution in [3.05, 3.63) is 75.9 Å². The zero-order valence-corrected chi connectivity index (χ0v) is 12.3. The summed E-state index contributed by atoms with van der Waals surface area (Å²) in [6, 6.07) is 13.2. The Labute approximate surface area is 130 Å². The predicted octanol–water partition coefficient (Wildman–Crippen LogP) is 4.24. The van der Waals surface area contributed by atoms with E-state index in [0.717, 1.165) is 16.3 Å². The minimum atomic E-state index is -0.954. The third-order valence-electron chi connectivity index (χ3n) is 3.28. The van der Waals surface area contributed by atoms with E-state index < -0.39 is 5.97 Å². The largest absolute Gasteiger partial charge is 0.478 e. The molecule has 0 atom stereocenters. The normalized spacial score (nSPS) is 10.6. The van der Waals surface area contributed by atoms with Crippen molar-refractivity contribution in [1.82, 2.24) is 4.98 Å². The molecule has 0 spiro atoms. The number of aromatic carboxylic acids is 1. The maximum atomic E-state index is 13.6. The Balaban J connectivity index is 1.81. The van der Waals surface area contributed by atoms with Crippen molar-refractivity contribution in [2.24, 2.45) is 0 Å². The molecule has 0 amide bonds. The Morgan fingerprint density at radius 2 is 1.86 bits per heavy atom. The molecule has 1 heterocycles. The molecule has 1 N–H and O–H groups in total. The van der Waals surface area contributed by atoms with Crippen molar-refractivity contribution >= 4 is 17.3 Å². The van der Waals surface area contributed by atoms with Crippen molar-refractivity contribution in [2.45, 2.75) is 6.42 Å². The van der Waals surface area contributed by atoms with E-state index in [1.807, 2.05) is 5.38 Å². The lowest BCUT2D eigenvalue weighted by Gasteiger charge is -2.00. The van der Waals surface area contributed by atoms with Gasteiger partial charge in [0.25, 0.3) is 0 Å². The highest BCUT2D eigenvalue weighted by Gasteiger charge is 2.09. The monoisotopic (exact) mass is 313 g/mol. The molecule has 0 unspecified atom stereocenters. The smallest absolute Gasteiger partial charge is 0.335 e. The van der Waals surface area contributed by atoms with E-state index in [9.17, 15) is 9.18 Å². The van der Waals surface area contributed by atoms with Gasteiger partial charge >= 0.3 is 5.97 Å². The molecular formula is C17H12FNO2S. The van der Waals surface area contributed by atoms with E-state index >= 15 is 0 Å². The fraction of sp³-hybridized carbons (Fsp3) is 0.0588. The van der Waals surface area contributed by atoms with Gasteiger partial charge in [-0.25, -0.2) is 14.2 Å². The Bertz CT molecular complexity index is 812. The van der Waals surface area contributed by atoms with Crippen LogP contribution in [0.2, 0.25) is 0 Å². The number of carboxylic acid groups (broad SMARTS) is 1. The standard InChI is InChI=1S/C17H12FNO2S/c18-14-4-2-1-3-13(14)9-16-19-15(10-22-16)11-5-7-12(8-6-11)17(20)21/h1-8,10H,9H2,(H,20,21). The van der Waals surface area contributed by atoms with Crippen LogP contribution in [0, 0.1) is 5.82 Å². The van der Waals surface area contributed by atoms with Crippen LogP contribution in [0.1, 0.15) is 20.9 Å². The summed E-state index contributed by atoms with van der Waals surface area (Å²) in [6.45, 7) is 0. The van der Waals surface area contributed by atoms with Crippen molar-refractivity contribution in [1.29, 1.82) is 0 Å². The first-order chi connectivity index (χ1) is 10.6. The summed E-state index contributed by atoms with van der Waals surface area (Å²) >= 11 is 1.46. The first-order valence-electron chi connectivity index (χ1n) is 6.65. The Kier molecular flexibility index (Phi) is 3.98. The Hall–Kier alpha value is -2.53. The average Bonchev–Trinajstić information content (AvgIpc) is 2.98. The van der Waals surface area contributed by atoms with Crippen LogP contribution >= 0.6 is 11.3 Å². The second-order valence-corrected chi connectivity index (χ2v) is 5.72. The molecule has 110 valence electrons. The van der Waals surface area contributed by atoms with Crippen molar-refractivity contribution in [3.63, 3.8) is 0 Å². The van der Waals surface area contributed by atoms with Crippen LogP contribution in [0.4, 0.5) is 4.39 Å². The maximum Gasteiger partial charge on any atom is 0.335 e. The van der Waals surface area contributed by atoms with E-state index in [0.29, 0.717) is 12.0 Å². The predicted molar refractivity (Wildman–Crippen MR) is 83.7 cm³/mol. The highest BCUT2D eigenvalue weighted by molar-refractivity contribution is 7.10. The van der Waals surface area contributed by atoms with E-state index in [-0.39, 0.29) is 11.4 Å². The van der Waals surface area contributed by atoms with Crippen LogP contribution in [-0.2, 0) is 6.42 Å². The molecule has 0 saturated heterocycles. The molecule has 2 aromatic carbocycles. The molecule has 0 fully saturated rings. The highest BCUT2D eigenvalue weighted by Crippen LogP contribution is 2.24. The van der Waals surface area contributed by atoms with Gasteiger partial charge in [0, 0.05) is 17.4 Å². The number of carbonyl (C=O) groups is 1. The molecule has 0 aliphatic rings. The van der Waals surface area contributed by atoms with Crippen LogP contribution < -0.4 is 0 Å². The Morgan fingerprint density at radius 1 is 1.14 bits per heavy atom. The number of nitrogens with zero attached hydrogens (tertiary/aromatic N) is 1. The molecule has 3 aromatic rings. The van der Waals surface area contributed by atoms with Gasteiger partial charge in [-0.3, -0.25) is 0 Å². The molecule has 0 aliphatic carbocycles. The molecular weight excluding hydrogens is 301 g/mol. The van der Waals surface area contributed by atoms with Gasteiger partial charge in [0.2, 0.25) is 0 Å². The molecule has 5 heteroatoms. The van der Waals surface area contributed by atoms with Crippen LogP contribution in [0.25, 0.3) is 11.3 Å². The van der Waals surface area contributed by atoms with Gasteiger partial charge < -0.3 is 5.11 Å². The number of hydrogen-bond acceptors (Lipinski definition) is 3. The summed E-state index contributed by atoms with van der Waals surface area (Å²) in [7, 11) is 0. The Morgan fingerprint density at radius 3 is 2.55 bits per heavy atom. The van der Waals surface area contributed by atoms with Crippen LogP contribution in [0.5, 0.6) is 0 Å². The molecule has 3 rings (SSSR count). The number of carboxylic acids is 1. The summed E-state index contributed by atoms with van der Waals surface area (Å²) in [4.78, 5) is 15.3. The van der Waals surface area contributed by atoms with Crippen molar-refractivity contribution in [3.8, 4) is 11.3 Å². The van der Waals surface area contributed by atoms with Gasteiger partial charge in [-0.2, -0.15) is 0 Å². The third-order valence-corrected chi connectivity index (χ3v) is 4.13. The molecule has 0 bridgehead atoms. The van der Waals surface area contributed by atoms with Gasteiger partial charge in [0.05, 0.1) is 16.3 Å². The minimum absolute atomic E-state index is 0.231. The molecule has 1 aromatic heterocycles. The lowest BCUT2D eigenvalue weighted by Crippen LogP contribution is -1.95. The van der Waals surface area contributed by atoms with E-state index in [2.05, 4.69) is 4.98 Å². The molecule has 0 radical (unpaired) electrons. The number of thiazole rings is 1. The zero-order chi connectivity index (χ0) is 15.5. The maximum absolute atomic E-state index is 13.6. The second kappa shape index (κ2) is 6.07. The van der Waals surface area contributed by atoms with Gasteiger partial charge in [-0.05, 0) is 23.8 Å². The van der Waals surface area contributed by atoms with E-state index in [1.54, 1.807) is 42.5 Å². The minimum Gasteiger partial charge on any atom is -0.478 e. The van der Waals surface area contributed by atoms with Gasteiger partial charge in [0.15, 0.2) is 0 Å². The van der Waals surface area contributed by atoms with Crippen LogP contribution in [0.15, 0.2) is 53.9 Å². The van der Waals surface area contributed by atoms with Crippen LogP contribution in [-0.4, -0.2) is 16.1 Å². The summed E-state index contributed by atoms with van der Waals surface area (Å²) < 4.78 is 13.6. The summed E-state index contributed by atoms with van der Waals surface area (Å²) in [5.74, 6) is -1.19. The third kappa shape index (κ3) is 3.04. The average molecular weight is 313 g/mol. The molecule has 0 aliphatic heterocycles. The SMILES string of the molecule is O=C(O)c1ccc(-c2csc(Cc3ccccc3F)n2)cc1. The molecule has 22 heavy (non-hydrogen) atoms. The number of rotatable bonds is 4.